The second-order valence-electron chi connectivity index (χ2n) is 5.31. The zero-order valence-corrected chi connectivity index (χ0v) is 14.4. The lowest BCUT2D eigenvalue weighted by molar-refractivity contribution is -0.137. The molecule has 2 aromatic heterocycles. The van der Waals surface area contributed by atoms with Crippen LogP contribution in [0.25, 0.3) is 0 Å². The summed E-state index contributed by atoms with van der Waals surface area (Å²) < 4.78 is 38.2. The van der Waals surface area contributed by atoms with Gasteiger partial charge >= 0.3 is 6.18 Å². The Balaban J connectivity index is 1.71. The summed E-state index contributed by atoms with van der Waals surface area (Å²) in [5.74, 6) is 5.33. The standard InChI is InChI=1S/C18H11F3N4OS/c19-18(20,21)13-2-1-3-14(7-13)25-16(26)12-6-15(27-10-12)5-4-11-8-23-17(22)24-9-11/h1-3,6-10H,(H,25,26)(H2,22,23,24). The molecule has 0 aliphatic carbocycles. The molecule has 0 bridgehead atoms. The summed E-state index contributed by atoms with van der Waals surface area (Å²) >= 11 is 1.24. The normalized spacial score (nSPS) is 10.8. The fourth-order valence-electron chi connectivity index (χ4n) is 2.03. The minimum absolute atomic E-state index is 0.0627. The smallest absolute Gasteiger partial charge is 0.368 e. The summed E-state index contributed by atoms with van der Waals surface area (Å²) in [6.07, 6.45) is -1.52. The molecule has 0 saturated carbocycles. The highest BCUT2D eigenvalue weighted by atomic mass is 32.1. The molecule has 0 atom stereocenters. The summed E-state index contributed by atoms with van der Waals surface area (Å²) in [6.45, 7) is 0. The van der Waals surface area contributed by atoms with Crippen LogP contribution in [0.15, 0.2) is 48.1 Å². The number of thiophene rings is 1. The topological polar surface area (TPSA) is 80.9 Å². The summed E-state index contributed by atoms with van der Waals surface area (Å²) in [6, 6.07) is 6.00. The maximum absolute atomic E-state index is 12.7. The second kappa shape index (κ2) is 7.47. The Bertz CT molecular complexity index is 1030. The largest absolute Gasteiger partial charge is 0.416 e. The Morgan fingerprint density at radius 1 is 1.15 bits per heavy atom. The maximum atomic E-state index is 12.7. The van der Waals surface area contributed by atoms with Crippen molar-refractivity contribution in [1.29, 1.82) is 0 Å². The van der Waals surface area contributed by atoms with Crippen molar-refractivity contribution in [2.24, 2.45) is 0 Å². The van der Waals surface area contributed by atoms with Crippen LogP contribution in [-0.2, 0) is 6.18 Å². The Morgan fingerprint density at radius 3 is 2.59 bits per heavy atom. The predicted octanol–water partition coefficient (Wildman–Crippen LogP) is 3.79. The van der Waals surface area contributed by atoms with E-state index in [9.17, 15) is 18.0 Å². The first kappa shape index (κ1) is 18.4. The first-order valence-corrected chi connectivity index (χ1v) is 8.36. The van der Waals surface area contributed by atoms with Crippen LogP contribution in [0.1, 0.15) is 26.4 Å². The zero-order valence-electron chi connectivity index (χ0n) is 13.5. The number of aromatic nitrogens is 2. The lowest BCUT2D eigenvalue weighted by atomic mass is 10.2. The number of nitrogens with one attached hydrogen (secondary N) is 1. The van der Waals surface area contributed by atoms with Crippen LogP contribution in [0, 0.1) is 11.8 Å². The average molecular weight is 388 g/mol. The minimum atomic E-state index is -4.47. The number of carbonyl (C=O) groups excluding carboxylic acids is 1. The molecule has 3 aromatic rings. The van der Waals surface area contributed by atoms with E-state index in [4.69, 9.17) is 5.73 Å². The van der Waals surface area contributed by atoms with Gasteiger partial charge in [0.15, 0.2) is 0 Å². The fourth-order valence-corrected chi connectivity index (χ4v) is 2.77. The number of nitrogen functional groups attached to an aromatic ring is 1. The van der Waals surface area contributed by atoms with Gasteiger partial charge in [-0.05, 0) is 24.3 Å². The van der Waals surface area contributed by atoms with Gasteiger partial charge in [-0.2, -0.15) is 13.2 Å². The molecule has 0 aliphatic rings. The van der Waals surface area contributed by atoms with Crippen LogP contribution in [0.3, 0.4) is 0 Å². The van der Waals surface area contributed by atoms with E-state index in [2.05, 4.69) is 27.1 Å². The van der Waals surface area contributed by atoms with E-state index in [1.54, 1.807) is 11.4 Å². The highest BCUT2D eigenvalue weighted by Gasteiger charge is 2.30. The Kier molecular flexibility index (Phi) is 5.09. The van der Waals surface area contributed by atoms with Gasteiger partial charge in [0.1, 0.15) is 0 Å². The third-order valence-electron chi connectivity index (χ3n) is 3.31. The number of nitrogens with zero attached hydrogens (tertiary/aromatic N) is 2. The van der Waals surface area contributed by atoms with Crippen LogP contribution >= 0.6 is 11.3 Å². The third-order valence-corrected chi connectivity index (χ3v) is 4.16. The molecular formula is C18H11F3N4OS. The van der Waals surface area contributed by atoms with Crippen LogP contribution in [0.2, 0.25) is 0 Å². The van der Waals surface area contributed by atoms with Gasteiger partial charge in [0.2, 0.25) is 5.95 Å². The van der Waals surface area contributed by atoms with Crippen molar-refractivity contribution in [3.8, 4) is 11.8 Å². The van der Waals surface area contributed by atoms with Crippen molar-refractivity contribution < 1.29 is 18.0 Å². The van der Waals surface area contributed by atoms with Gasteiger partial charge in [0.05, 0.1) is 21.6 Å². The molecule has 136 valence electrons. The highest BCUT2D eigenvalue weighted by molar-refractivity contribution is 7.10. The number of halogens is 3. The van der Waals surface area contributed by atoms with E-state index < -0.39 is 17.6 Å². The predicted molar refractivity (Wildman–Crippen MR) is 96.1 cm³/mol. The van der Waals surface area contributed by atoms with Crippen molar-refractivity contribution in [3.63, 3.8) is 0 Å². The van der Waals surface area contributed by atoms with Crippen LogP contribution in [-0.4, -0.2) is 15.9 Å². The monoisotopic (exact) mass is 388 g/mol. The Morgan fingerprint density at radius 2 is 1.89 bits per heavy atom. The third kappa shape index (κ3) is 4.83. The molecule has 0 spiro atoms. The lowest BCUT2D eigenvalue weighted by Gasteiger charge is -2.09. The molecule has 0 radical (unpaired) electrons. The van der Waals surface area contributed by atoms with Crippen molar-refractivity contribution in [3.05, 3.63) is 69.7 Å². The maximum Gasteiger partial charge on any atom is 0.416 e. The number of hydrogen-bond donors (Lipinski definition) is 2. The first-order valence-electron chi connectivity index (χ1n) is 7.48. The molecule has 1 amide bonds. The second-order valence-corrected chi connectivity index (χ2v) is 6.22. The number of hydrogen-bond acceptors (Lipinski definition) is 5. The van der Waals surface area contributed by atoms with Crippen molar-refractivity contribution in [2.75, 3.05) is 11.1 Å². The van der Waals surface area contributed by atoms with E-state index >= 15 is 0 Å². The van der Waals surface area contributed by atoms with Gasteiger partial charge in [-0.1, -0.05) is 17.9 Å². The number of amides is 1. The summed E-state index contributed by atoms with van der Waals surface area (Å²) in [4.78, 5) is 20.5. The molecule has 0 aliphatic heterocycles. The van der Waals surface area contributed by atoms with Crippen molar-refractivity contribution in [2.45, 2.75) is 6.18 Å². The van der Waals surface area contributed by atoms with Gasteiger partial charge in [-0.15, -0.1) is 11.3 Å². The van der Waals surface area contributed by atoms with Crippen LogP contribution in [0.5, 0.6) is 0 Å². The minimum Gasteiger partial charge on any atom is -0.368 e. The van der Waals surface area contributed by atoms with Crippen molar-refractivity contribution >= 4 is 28.9 Å². The zero-order chi connectivity index (χ0) is 19.4. The molecule has 0 fully saturated rings. The molecule has 5 nitrogen and oxygen atoms in total. The number of nitrogens with two attached hydrogens (primary N) is 1. The Hall–Kier alpha value is -3.38. The van der Waals surface area contributed by atoms with E-state index in [0.717, 1.165) is 12.1 Å². The highest BCUT2D eigenvalue weighted by Crippen LogP contribution is 2.30. The van der Waals surface area contributed by atoms with E-state index in [1.807, 2.05) is 0 Å². The van der Waals surface area contributed by atoms with Crippen LogP contribution < -0.4 is 11.1 Å². The molecule has 27 heavy (non-hydrogen) atoms. The summed E-state index contributed by atoms with van der Waals surface area (Å²) in [5, 5.41) is 4.03. The van der Waals surface area contributed by atoms with E-state index in [-0.39, 0.29) is 11.6 Å². The molecule has 2 heterocycles. The molecule has 9 heteroatoms. The van der Waals surface area contributed by atoms with E-state index in [0.29, 0.717) is 16.0 Å². The summed E-state index contributed by atoms with van der Waals surface area (Å²) in [7, 11) is 0. The van der Waals surface area contributed by atoms with Crippen LogP contribution in [0.4, 0.5) is 24.8 Å². The molecule has 3 N–H and O–H groups in total. The average Bonchev–Trinajstić information content (AvgIpc) is 3.10. The van der Waals surface area contributed by atoms with Gasteiger partial charge < -0.3 is 11.1 Å². The summed E-state index contributed by atoms with van der Waals surface area (Å²) in [5.41, 5.74) is 5.49. The first-order chi connectivity index (χ1) is 12.8. The lowest BCUT2D eigenvalue weighted by Crippen LogP contribution is -2.12. The van der Waals surface area contributed by atoms with E-state index in [1.165, 1.54) is 35.9 Å². The number of alkyl halides is 3. The van der Waals surface area contributed by atoms with Gasteiger partial charge in [0.25, 0.3) is 5.91 Å². The molecular weight excluding hydrogens is 377 g/mol. The number of rotatable bonds is 2. The molecule has 3 rings (SSSR count). The number of anilines is 2. The number of benzene rings is 1. The quantitative estimate of drug-likeness (QED) is 0.655. The van der Waals surface area contributed by atoms with Gasteiger partial charge in [-0.3, -0.25) is 4.79 Å². The molecule has 0 unspecified atom stereocenters. The Labute approximate surface area is 156 Å². The SMILES string of the molecule is Nc1ncc(C#Cc2cc(C(=O)Nc3cccc(C(F)(F)F)c3)cs2)cn1. The molecule has 1 aromatic carbocycles. The van der Waals surface area contributed by atoms with Gasteiger partial charge in [-0.25, -0.2) is 9.97 Å². The van der Waals surface area contributed by atoms with Gasteiger partial charge in [0, 0.05) is 23.5 Å². The fraction of sp³-hybridized carbons (Fsp3) is 0.0556. The number of carbonyl (C=O) groups is 1. The van der Waals surface area contributed by atoms with Crippen molar-refractivity contribution in [1.82, 2.24) is 9.97 Å². The molecule has 0 saturated heterocycles.